The van der Waals surface area contributed by atoms with E-state index in [1.807, 2.05) is 0 Å². The summed E-state index contributed by atoms with van der Waals surface area (Å²) in [6, 6.07) is 3.78. The lowest BCUT2D eigenvalue weighted by Crippen LogP contribution is -2.52. The summed E-state index contributed by atoms with van der Waals surface area (Å²) >= 11 is 5.66. The maximum Gasteiger partial charge on any atom is 0.417 e. The van der Waals surface area contributed by atoms with Gasteiger partial charge in [-0.15, -0.1) is 0 Å². The van der Waals surface area contributed by atoms with Crippen molar-refractivity contribution in [1.82, 2.24) is 9.80 Å². The predicted octanol–water partition coefficient (Wildman–Crippen LogP) is 2.49. The van der Waals surface area contributed by atoms with Crippen LogP contribution in [0.3, 0.4) is 0 Å². The highest BCUT2D eigenvalue weighted by Crippen LogP contribution is 2.38. The normalized spacial score (nSPS) is 21.5. The Kier molecular flexibility index (Phi) is 5.05. The molecule has 2 aliphatic heterocycles. The van der Waals surface area contributed by atoms with E-state index in [2.05, 4.69) is 0 Å². The number of rotatable bonds is 2. The van der Waals surface area contributed by atoms with Crippen molar-refractivity contribution in [3.05, 3.63) is 28.8 Å². The van der Waals surface area contributed by atoms with Crippen LogP contribution in [0.15, 0.2) is 18.2 Å². The second kappa shape index (κ2) is 6.98. The molecule has 1 unspecified atom stereocenters. The lowest BCUT2D eigenvalue weighted by atomic mass is 10.1. The molecule has 0 aliphatic carbocycles. The first kappa shape index (κ1) is 18.8. The molecule has 0 saturated carbocycles. The molecule has 2 fully saturated rings. The van der Waals surface area contributed by atoms with E-state index in [9.17, 15) is 22.8 Å². The first-order valence-electron chi connectivity index (χ1n) is 8.31. The van der Waals surface area contributed by atoms with Crippen molar-refractivity contribution in [2.75, 3.05) is 44.7 Å². The van der Waals surface area contributed by atoms with Gasteiger partial charge in [0.15, 0.2) is 0 Å². The standard InChI is InChI=1S/C17H19ClF3N3O2/c1-22-6-7-24(10-15(22)25)16(26)11-4-5-23(9-11)12-2-3-14(18)13(8-12)17(19,20)21/h2-3,8,11H,4-7,9-10H2,1H3. The highest BCUT2D eigenvalue weighted by Gasteiger charge is 2.36. The molecular formula is C17H19ClF3N3O2. The second-order valence-corrected chi connectivity index (χ2v) is 7.08. The number of anilines is 1. The molecule has 0 radical (unpaired) electrons. The fourth-order valence-corrected chi connectivity index (χ4v) is 3.55. The molecule has 1 atom stereocenters. The van der Waals surface area contributed by atoms with E-state index in [-0.39, 0.29) is 29.3 Å². The van der Waals surface area contributed by atoms with E-state index in [1.165, 1.54) is 12.1 Å². The molecule has 2 amide bonds. The quantitative estimate of drug-likeness (QED) is 0.780. The lowest BCUT2D eigenvalue weighted by Gasteiger charge is -2.33. The van der Waals surface area contributed by atoms with Crippen molar-refractivity contribution in [3.63, 3.8) is 0 Å². The minimum Gasteiger partial charge on any atom is -0.371 e. The average Bonchev–Trinajstić information content (AvgIpc) is 3.06. The number of piperazine rings is 1. The molecule has 0 bridgehead atoms. The van der Waals surface area contributed by atoms with Crippen LogP contribution in [0, 0.1) is 5.92 Å². The summed E-state index contributed by atoms with van der Waals surface area (Å²) in [5, 5.41) is -0.343. The van der Waals surface area contributed by atoms with Crippen molar-refractivity contribution in [2.24, 2.45) is 5.92 Å². The summed E-state index contributed by atoms with van der Waals surface area (Å²) in [4.78, 5) is 29.3. The van der Waals surface area contributed by atoms with E-state index in [0.717, 1.165) is 6.07 Å². The van der Waals surface area contributed by atoms with Gasteiger partial charge in [0.25, 0.3) is 0 Å². The summed E-state index contributed by atoms with van der Waals surface area (Å²) in [6.07, 6.45) is -3.98. The van der Waals surface area contributed by atoms with Crippen molar-refractivity contribution >= 4 is 29.1 Å². The van der Waals surface area contributed by atoms with Gasteiger partial charge in [0.1, 0.15) is 0 Å². The van der Waals surface area contributed by atoms with E-state index < -0.39 is 11.7 Å². The van der Waals surface area contributed by atoms with Gasteiger partial charge in [-0.05, 0) is 24.6 Å². The van der Waals surface area contributed by atoms with Gasteiger partial charge in [0.05, 0.1) is 23.0 Å². The van der Waals surface area contributed by atoms with Gasteiger partial charge >= 0.3 is 6.18 Å². The van der Waals surface area contributed by atoms with Crippen LogP contribution in [-0.2, 0) is 15.8 Å². The summed E-state index contributed by atoms with van der Waals surface area (Å²) in [7, 11) is 1.69. The first-order valence-corrected chi connectivity index (χ1v) is 8.69. The minimum absolute atomic E-state index is 0.0605. The fourth-order valence-electron chi connectivity index (χ4n) is 3.33. The third kappa shape index (κ3) is 3.75. The Bertz CT molecular complexity index is 726. The topological polar surface area (TPSA) is 43.9 Å². The second-order valence-electron chi connectivity index (χ2n) is 6.67. The van der Waals surface area contributed by atoms with Crippen LogP contribution >= 0.6 is 11.6 Å². The van der Waals surface area contributed by atoms with E-state index in [0.29, 0.717) is 38.3 Å². The van der Waals surface area contributed by atoms with E-state index in [4.69, 9.17) is 11.6 Å². The van der Waals surface area contributed by atoms with Crippen LogP contribution in [0.4, 0.5) is 18.9 Å². The number of halogens is 4. The van der Waals surface area contributed by atoms with Gasteiger partial charge < -0.3 is 14.7 Å². The van der Waals surface area contributed by atoms with Crippen molar-refractivity contribution in [1.29, 1.82) is 0 Å². The molecule has 0 spiro atoms. The summed E-state index contributed by atoms with van der Waals surface area (Å²) in [5.74, 6) is -0.540. The molecule has 1 aromatic carbocycles. The summed E-state index contributed by atoms with van der Waals surface area (Å²) < 4.78 is 39.1. The van der Waals surface area contributed by atoms with Gasteiger partial charge in [-0.2, -0.15) is 13.2 Å². The summed E-state index contributed by atoms with van der Waals surface area (Å²) in [5.41, 5.74) is -0.484. The van der Waals surface area contributed by atoms with Gasteiger partial charge in [-0.1, -0.05) is 11.6 Å². The Morgan fingerprint density at radius 1 is 1.23 bits per heavy atom. The Balaban J connectivity index is 1.69. The third-order valence-corrected chi connectivity index (χ3v) is 5.26. The predicted molar refractivity (Wildman–Crippen MR) is 91.0 cm³/mol. The van der Waals surface area contributed by atoms with Crippen molar-refractivity contribution in [3.8, 4) is 0 Å². The number of carbonyl (C=O) groups is 2. The van der Waals surface area contributed by atoms with Crippen LogP contribution < -0.4 is 4.90 Å². The molecule has 0 aromatic heterocycles. The minimum atomic E-state index is -4.53. The number of alkyl halides is 3. The van der Waals surface area contributed by atoms with Gasteiger partial charge in [0.2, 0.25) is 11.8 Å². The molecule has 142 valence electrons. The highest BCUT2D eigenvalue weighted by molar-refractivity contribution is 6.31. The third-order valence-electron chi connectivity index (χ3n) is 4.93. The highest BCUT2D eigenvalue weighted by atomic mass is 35.5. The van der Waals surface area contributed by atoms with Gasteiger partial charge in [0, 0.05) is 38.9 Å². The smallest absolute Gasteiger partial charge is 0.371 e. The average molecular weight is 390 g/mol. The molecule has 2 saturated heterocycles. The lowest BCUT2D eigenvalue weighted by molar-refractivity contribution is -0.146. The molecule has 2 heterocycles. The monoisotopic (exact) mass is 389 g/mol. The molecule has 5 nitrogen and oxygen atoms in total. The van der Waals surface area contributed by atoms with Crippen LogP contribution in [0.5, 0.6) is 0 Å². The first-order chi connectivity index (χ1) is 12.2. The van der Waals surface area contributed by atoms with Gasteiger partial charge in [-0.3, -0.25) is 9.59 Å². The number of amides is 2. The van der Waals surface area contributed by atoms with Crippen LogP contribution in [0.1, 0.15) is 12.0 Å². The van der Waals surface area contributed by atoms with Crippen LogP contribution in [0.2, 0.25) is 5.02 Å². The molecule has 2 aliphatic rings. The van der Waals surface area contributed by atoms with Crippen LogP contribution in [-0.4, -0.2) is 61.4 Å². The Hall–Kier alpha value is -1.96. The number of hydrogen-bond acceptors (Lipinski definition) is 3. The van der Waals surface area contributed by atoms with E-state index >= 15 is 0 Å². The Morgan fingerprint density at radius 3 is 2.62 bits per heavy atom. The number of carbonyl (C=O) groups excluding carboxylic acids is 2. The van der Waals surface area contributed by atoms with Gasteiger partial charge in [-0.25, -0.2) is 0 Å². The zero-order chi connectivity index (χ0) is 19.1. The molecule has 9 heteroatoms. The zero-order valence-electron chi connectivity index (χ0n) is 14.2. The number of likely N-dealkylation sites (N-methyl/N-ethyl adjacent to an activating group) is 1. The Morgan fingerprint density at radius 2 is 1.96 bits per heavy atom. The number of benzene rings is 1. The van der Waals surface area contributed by atoms with E-state index in [1.54, 1.807) is 21.7 Å². The van der Waals surface area contributed by atoms with Crippen LogP contribution in [0.25, 0.3) is 0 Å². The largest absolute Gasteiger partial charge is 0.417 e. The molecule has 0 N–H and O–H groups in total. The number of nitrogens with zero attached hydrogens (tertiary/aromatic N) is 3. The maximum atomic E-state index is 13.0. The fraction of sp³-hybridized carbons (Fsp3) is 0.529. The zero-order valence-corrected chi connectivity index (χ0v) is 15.0. The molecule has 1 aromatic rings. The SMILES string of the molecule is CN1CCN(C(=O)C2CCN(c3ccc(Cl)c(C(F)(F)F)c3)C2)CC1=O. The molecule has 26 heavy (non-hydrogen) atoms. The number of hydrogen-bond donors (Lipinski definition) is 0. The Labute approximate surface area is 154 Å². The molecule has 3 rings (SSSR count). The summed E-state index contributed by atoms with van der Waals surface area (Å²) in [6.45, 7) is 1.85. The van der Waals surface area contributed by atoms with Crippen molar-refractivity contribution < 1.29 is 22.8 Å². The maximum absolute atomic E-state index is 13.0. The van der Waals surface area contributed by atoms with Crippen molar-refractivity contribution in [2.45, 2.75) is 12.6 Å². The molecular weight excluding hydrogens is 371 g/mol.